The van der Waals surface area contributed by atoms with Gasteiger partial charge in [0, 0.05) is 10.5 Å². The highest BCUT2D eigenvalue weighted by Gasteiger charge is 2.10. The van der Waals surface area contributed by atoms with Crippen LogP contribution < -0.4 is 0 Å². The number of aromatic nitrogens is 4. The molecule has 0 fully saturated rings. The second-order valence-electron chi connectivity index (χ2n) is 5.52. The largest absolute Gasteiger partial charge is 0.459 e. The predicted octanol–water partition coefficient (Wildman–Crippen LogP) is 3.11. The maximum absolute atomic E-state index is 11.9. The lowest BCUT2D eigenvalue weighted by molar-refractivity contribution is -0.146. The van der Waals surface area contributed by atoms with Crippen LogP contribution in [0.1, 0.15) is 11.1 Å². The van der Waals surface area contributed by atoms with Crippen molar-refractivity contribution in [2.75, 3.05) is 6.26 Å². The fourth-order valence-electron chi connectivity index (χ4n) is 2.18. The first kappa shape index (κ1) is 17.2. The molecule has 1 aromatic heterocycles. The van der Waals surface area contributed by atoms with Crippen LogP contribution in [0.25, 0.3) is 11.4 Å². The Hall–Kier alpha value is -2.67. The van der Waals surface area contributed by atoms with Crippen LogP contribution in [-0.2, 0) is 22.7 Å². The number of hydrogen-bond acceptors (Lipinski definition) is 6. The van der Waals surface area contributed by atoms with Gasteiger partial charge in [-0.05, 0) is 36.1 Å². The maximum atomic E-state index is 11.9. The number of tetrazole rings is 1. The van der Waals surface area contributed by atoms with E-state index in [0.717, 1.165) is 16.7 Å². The Morgan fingerprint density at radius 1 is 1.12 bits per heavy atom. The number of thioether (sulfide) groups is 1. The highest BCUT2D eigenvalue weighted by Crippen LogP contribution is 2.16. The summed E-state index contributed by atoms with van der Waals surface area (Å²) in [6, 6.07) is 15.7. The molecule has 3 rings (SSSR count). The van der Waals surface area contributed by atoms with Crippen molar-refractivity contribution in [1.82, 2.24) is 20.2 Å². The summed E-state index contributed by atoms with van der Waals surface area (Å²) in [7, 11) is 0. The van der Waals surface area contributed by atoms with E-state index in [2.05, 4.69) is 15.4 Å². The van der Waals surface area contributed by atoms with Crippen molar-refractivity contribution in [3.05, 3.63) is 59.7 Å². The Morgan fingerprint density at radius 2 is 1.84 bits per heavy atom. The van der Waals surface area contributed by atoms with E-state index < -0.39 is 5.97 Å². The number of esters is 1. The molecule has 3 aromatic rings. The molecule has 0 unspecified atom stereocenters. The third kappa shape index (κ3) is 4.67. The van der Waals surface area contributed by atoms with E-state index in [4.69, 9.17) is 4.74 Å². The Morgan fingerprint density at radius 3 is 2.52 bits per heavy atom. The van der Waals surface area contributed by atoms with E-state index in [1.807, 2.05) is 61.7 Å². The number of aryl methyl sites for hydroxylation is 1. The van der Waals surface area contributed by atoms with Crippen LogP contribution >= 0.6 is 11.8 Å². The van der Waals surface area contributed by atoms with Gasteiger partial charge in [-0.25, -0.2) is 4.79 Å². The first-order chi connectivity index (χ1) is 12.1. The van der Waals surface area contributed by atoms with Gasteiger partial charge in [0.15, 0.2) is 6.54 Å². The smallest absolute Gasteiger partial charge is 0.330 e. The van der Waals surface area contributed by atoms with Gasteiger partial charge < -0.3 is 4.74 Å². The van der Waals surface area contributed by atoms with Gasteiger partial charge in [0.05, 0.1) is 0 Å². The molecule has 6 nitrogen and oxygen atoms in total. The standard InChI is InChI=1S/C18H18N4O2S/c1-13-3-7-15(8-4-13)18-19-21-22(20-18)11-17(23)24-12-14-5-9-16(25-2)10-6-14/h3-10H,11-12H2,1-2H3. The SMILES string of the molecule is CSc1ccc(COC(=O)Cn2nnc(-c3ccc(C)cc3)n2)cc1. The molecule has 0 bridgehead atoms. The molecule has 0 aliphatic heterocycles. The first-order valence-electron chi connectivity index (χ1n) is 7.77. The molecular weight excluding hydrogens is 336 g/mol. The van der Waals surface area contributed by atoms with Crippen molar-refractivity contribution >= 4 is 17.7 Å². The molecule has 7 heteroatoms. The molecule has 25 heavy (non-hydrogen) atoms. The molecule has 0 saturated carbocycles. The highest BCUT2D eigenvalue weighted by molar-refractivity contribution is 7.98. The van der Waals surface area contributed by atoms with Crippen molar-refractivity contribution in [2.45, 2.75) is 25.0 Å². The molecule has 0 atom stereocenters. The van der Waals surface area contributed by atoms with Gasteiger partial charge in [0.2, 0.25) is 5.82 Å². The summed E-state index contributed by atoms with van der Waals surface area (Å²) in [6.07, 6.45) is 2.02. The molecule has 0 N–H and O–H groups in total. The maximum Gasteiger partial charge on any atom is 0.330 e. The molecule has 0 radical (unpaired) electrons. The van der Waals surface area contributed by atoms with E-state index in [9.17, 15) is 4.79 Å². The highest BCUT2D eigenvalue weighted by atomic mass is 32.2. The van der Waals surface area contributed by atoms with Gasteiger partial charge in [0.25, 0.3) is 0 Å². The van der Waals surface area contributed by atoms with E-state index in [-0.39, 0.29) is 13.2 Å². The number of rotatable bonds is 6. The number of ether oxygens (including phenoxy) is 1. The topological polar surface area (TPSA) is 69.9 Å². The van der Waals surface area contributed by atoms with Crippen LogP contribution in [0.2, 0.25) is 0 Å². The summed E-state index contributed by atoms with van der Waals surface area (Å²) < 4.78 is 5.26. The Kier molecular flexibility index (Phi) is 5.45. The first-order valence-corrected chi connectivity index (χ1v) is 9.00. The van der Waals surface area contributed by atoms with Gasteiger partial charge in [-0.3, -0.25) is 0 Å². The van der Waals surface area contributed by atoms with Crippen LogP contribution in [-0.4, -0.2) is 32.4 Å². The predicted molar refractivity (Wildman–Crippen MR) is 96.0 cm³/mol. The number of hydrogen-bond donors (Lipinski definition) is 0. The van der Waals surface area contributed by atoms with Crippen molar-refractivity contribution in [2.24, 2.45) is 0 Å². The summed E-state index contributed by atoms with van der Waals surface area (Å²) in [5, 5.41) is 12.1. The molecule has 2 aromatic carbocycles. The zero-order valence-electron chi connectivity index (χ0n) is 14.0. The van der Waals surface area contributed by atoms with Crippen LogP contribution in [0.15, 0.2) is 53.4 Å². The number of carbonyl (C=O) groups is 1. The molecule has 128 valence electrons. The lowest BCUT2D eigenvalue weighted by Gasteiger charge is -2.05. The summed E-state index contributed by atoms with van der Waals surface area (Å²) in [5.74, 6) is 0.0854. The zero-order valence-corrected chi connectivity index (χ0v) is 14.9. The molecule has 0 spiro atoms. The minimum atomic E-state index is -0.401. The summed E-state index contributed by atoms with van der Waals surface area (Å²) in [5.41, 5.74) is 2.96. The van der Waals surface area contributed by atoms with Gasteiger partial charge in [-0.2, -0.15) is 4.80 Å². The zero-order chi connectivity index (χ0) is 17.6. The molecule has 0 amide bonds. The second kappa shape index (κ2) is 7.94. The number of nitrogens with zero attached hydrogens (tertiary/aromatic N) is 4. The lowest BCUT2D eigenvalue weighted by atomic mass is 10.1. The van der Waals surface area contributed by atoms with Gasteiger partial charge in [0.1, 0.15) is 6.61 Å². The van der Waals surface area contributed by atoms with Gasteiger partial charge in [-0.15, -0.1) is 22.0 Å². The quantitative estimate of drug-likeness (QED) is 0.500. The van der Waals surface area contributed by atoms with Gasteiger partial charge in [-0.1, -0.05) is 42.0 Å². The summed E-state index contributed by atoms with van der Waals surface area (Å²) in [4.78, 5) is 14.4. The monoisotopic (exact) mass is 354 g/mol. The fraction of sp³-hybridized carbons (Fsp3) is 0.222. The molecule has 0 aliphatic carbocycles. The third-order valence-electron chi connectivity index (χ3n) is 3.59. The van der Waals surface area contributed by atoms with Crippen molar-refractivity contribution in [3.8, 4) is 11.4 Å². The molecule has 0 aliphatic rings. The van der Waals surface area contributed by atoms with E-state index in [1.165, 1.54) is 9.69 Å². The van der Waals surface area contributed by atoms with Crippen molar-refractivity contribution in [3.63, 3.8) is 0 Å². The molecule has 0 saturated heterocycles. The Balaban J connectivity index is 1.55. The lowest BCUT2D eigenvalue weighted by Crippen LogP contribution is -2.15. The summed E-state index contributed by atoms with van der Waals surface area (Å²) in [6.45, 7) is 2.17. The number of benzene rings is 2. The van der Waals surface area contributed by atoms with E-state index in [1.54, 1.807) is 11.8 Å². The molecular formula is C18H18N4O2S. The van der Waals surface area contributed by atoms with Crippen LogP contribution in [0.4, 0.5) is 0 Å². The third-order valence-corrected chi connectivity index (χ3v) is 4.34. The molecule has 1 heterocycles. The van der Waals surface area contributed by atoms with Gasteiger partial charge >= 0.3 is 5.97 Å². The second-order valence-corrected chi connectivity index (χ2v) is 6.40. The minimum absolute atomic E-state index is 0.0677. The Bertz CT molecular complexity index is 844. The average molecular weight is 354 g/mol. The van der Waals surface area contributed by atoms with Crippen molar-refractivity contribution in [1.29, 1.82) is 0 Å². The van der Waals surface area contributed by atoms with Crippen LogP contribution in [0.5, 0.6) is 0 Å². The van der Waals surface area contributed by atoms with Crippen LogP contribution in [0, 0.1) is 6.92 Å². The van der Waals surface area contributed by atoms with E-state index in [0.29, 0.717) is 5.82 Å². The van der Waals surface area contributed by atoms with Crippen molar-refractivity contribution < 1.29 is 9.53 Å². The average Bonchev–Trinajstić information content (AvgIpc) is 3.09. The summed E-state index contributed by atoms with van der Waals surface area (Å²) >= 11 is 1.67. The fourth-order valence-corrected chi connectivity index (χ4v) is 2.58. The normalized spacial score (nSPS) is 10.6. The minimum Gasteiger partial charge on any atom is -0.459 e. The van der Waals surface area contributed by atoms with E-state index >= 15 is 0 Å². The Labute approximate surface area is 150 Å². The van der Waals surface area contributed by atoms with Crippen LogP contribution in [0.3, 0.4) is 0 Å². The number of carbonyl (C=O) groups excluding carboxylic acids is 1.